The minimum absolute atomic E-state index is 0.0485. The lowest BCUT2D eigenvalue weighted by atomic mass is 10.2. The number of likely N-dealkylation sites (tertiary alicyclic amines) is 1. The Morgan fingerprint density at radius 2 is 1.59 bits per heavy atom. The summed E-state index contributed by atoms with van der Waals surface area (Å²) in [6, 6.07) is 7.31. The maximum atomic E-state index is 12.3. The van der Waals surface area contributed by atoms with E-state index in [1.54, 1.807) is 0 Å². The van der Waals surface area contributed by atoms with Crippen molar-refractivity contribution in [2.24, 2.45) is 5.92 Å². The highest BCUT2D eigenvalue weighted by atomic mass is 16.2. The second kappa shape index (κ2) is 6.81. The summed E-state index contributed by atoms with van der Waals surface area (Å²) in [5, 5.41) is 5.84. The lowest BCUT2D eigenvalue weighted by Gasteiger charge is -2.21. The third-order valence-corrected chi connectivity index (χ3v) is 4.22. The van der Waals surface area contributed by atoms with E-state index in [-0.39, 0.29) is 17.9 Å². The topological polar surface area (TPSA) is 61.4 Å². The van der Waals surface area contributed by atoms with E-state index in [0.29, 0.717) is 0 Å². The van der Waals surface area contributed by atoms with Crippen LogP contribution in [-0.4, -0.2) is 29.9 Å². The van der Waals surface area contributed by atoms with E-state index in [4.69, 9.17) is 0 Å². The molecule has 1 saturated heterocycles. The van der Waals surface area contributed by atoms with Crippen LogP contribution in [0.5, 0.6) is 0 Å². The van der Waals surface area contributed by atoms with E-state index in [2.05, 4.69) is 10.6 Å². The molecular formula is C17H23N3O2. The molecule has 0 aromatic heterocycles. The van der Waals surface area contributed by atoms with E-state index < -0.39 is 0 Å². The van der Waals surface area contributed by atoms with Crippen molar-refractivity contribution >= 4 is 23.3 Å². The van der Waals surface area contributed by atoms with Gasteiger partial charge in [0.2, 0.25) is 5.91 Å². The van der Waals surface area contributed by atoms with Crippen molar-refractivity contribution in [2.75, 3.05) is 23.7 Å². The fraction of sp³-hybridized carbons (Fsp3) is 0.529. The number of carbonyl (C=O) groups is 2. The van der Waals surface area contributed by atoms with Crippen LogP contribution in [0.3, 0.4) is 0 Å². The van der Waals surface area contributed by atoms with Gasteiger partial charge in [0.25, 0.3) is 0 Å². The molecule has 2 N–H and O–H groups in total. The Hall–Kier alpha value is -2.04. The van der Waals surface area contributed by atoms with Gasteiger partial charge in [0.05, 0.1) is 0 Å². The van der Waals surface area contributed by atoms with Gasteiger partial charge in [0.15, 0.2) is 0 Å². The summed E-state index contributed by atoms with van der Waals surface area (Å²) >= 11 is 0. The Morgan fingerprint density at radius 1 is 0.955 bits per heavy atom. The summed E-state index contributed by atoms with van der Waals surface area (Å²) in [6.07, 6.45) is 6.52. The van der Waals surface area contributed by atoms with Gasteiger partial charge in [-0.05, 0) is 43.9 Å². The zero-order valence-corrected chi connectivity index (χ0v) is 12.8. The van der Waals surface area contributed by atoms with Crippen LogP contribution in [0.25, 0.3) is 0 Å². The number of amides is 3. The monoisotopic (exact) mass is 301 g/mol. The van der Waals surface area contributed by atoms with E-state index >= 15 is 0 Å². The Balaban J connectivity index is 1.59. The first-order valence-electron chi connectivity index (χ1n) is 8.19. The Bertz CT molecular complexity index is 547. The van der Waals surface area contributed by atoms with Crippen molar-refractivity contribution in [3.63, 3.8) is 0 Å². The van der Waals surface area contributed by atoms with Crippen LogP contribution in [0.15, 0.2) is 24.3 Å². The summed E-state index contributed by atoms with van der Waals surface area (Å²) in [4.78, 5) is 26.0. The van der Waals surface area contributed by atoms with E-state index in [1.165, 1.54) is 12.8 Å². The first kappa shape index (κ1) is 14.9. The van der Waals surface area contributed by atoms with E-state index in [9.17, 15) is 9.59 Å². The van der Waals surface area contributed by atoms with Crippen molar-refractivity contribution in [3.05, 3.63) is 24.3 Å². The number of rotatable bonds is 3. The highest BCUT2D eigenvalue weighted by molar-refractivity contribution is 5.95. The minimum Gasteiger partial charge on any atom is -0.326 e. The van der Waals surface area contributed by atoms with Gasteiger partial charge in [-0.25, -0.2) is 4.79 Å². The normalized spacial score (nSPS) is 18.5. The molecule has 5 nitrogen and oxygen atoms in total. The minimum atomic E-state index is -0.0485. The molecule has 0 spiro atoms. The number of hydrogen-bond acceptors (Lipinski definition) is 2. The standard InChI is InChI=1S/C17H23N3O2/c21-16(13-8-9-13)18-14-6-5-7-15(12-14)19-17(22)20-10-3-1-2-4-11-20/h5-7,12-13H,1-4,8-11H2,(H,18,21)(H,19,22). The molecule has 0 unspecified atom stereocenters. The van der Waals surface area contributed by atoms with Crippen LogP contribution in [0.4, 0.5) is 16.2 Å². The third-order valence-electron chi connectivity index (χ3n) is 4.22. The highest BCUT2D eigenvalue weighted by Gasteiger charge is 2.29. The van der Waals surface area contributed by atoms with Crippen LogP contribution < -0.4 is 10.6 Å². The lowest BCUT2D eigenvalue weighted by Crippen LogP contribution is -2.35. The molecule has 2 fully saturated rings. The SMILES string of the molecule is O=C(Nc1cccc(NC(=O)N2CCCCCC2)c1)C1CC1. The second-order valence-electron chi connectivity index (χ2n) is 6.18. The van der Waals surface area contributed by atoms with Crippen LogP contribution in [-0.2, 0) is 4.79 Å². The van der Waals surface area contributed by atoms with Crippen LogP contribution in [0.1, 0.15) is 38.5 Å². The van der Waals surface area contributed by atoms with Gasteiger partial charge in [-0.2, -0.15) is 0 Å². The highest BCUT2D eigenvalue weighted by Crippen LogP contribution is 2.30. The van der Waals surface area contributed by atoms with Crippen molar-refractivity contribution in [3.8, 4) is 0 Å². The van der Waals surface area contributed by atoms with Crippen molar-refractivity contribution in [2.45, 2.75) is 38.5 Å². The molecule has 0 bridgehead atoms. The maximum absolute atomic E-state index is 12.3. The molecule has 22 heavy (non-hydrogen) atoms. The largest absolute Gasteiger partial charge is 0.326 e. The average molecular weight is 301 g/mol. The number of hydrogen-bond donors (Lipinski definition) is 2. The smallest absolute Gasteiger partial charge is 0.321 e. The molecule has 5 heteroatoms. The molecular weight excluding hydrogens is 278 g/mol. The van der Waals surface area contributed by atoms with Crippen LogP contribution >= 0.6 is 0 Å². The Labute approximate surface area is 131 Å². The molecule has 2 aliphatic rings. The number of urea groups is 1. The molecule has 1 saturated carbocycles. The van der Waals surface area contributed by atoms with E-state index in [1.807, 2.05) is 29.2 Å². The molecule has 118 valence electrons. The third kappa shape index (κ3) is 4.00. The van der Waals surface area contributed by atoms with Gasteiger partial charge >= 0.3 is 6.03 Å². The number of nitrogens with zero attached hydrogens (tertiary/aromatic N) is 1. The molecule has 0 radical (unpaired) electrons. The van der Waals surface area contributed by atoms with Crippen LogP contribution in [0, 0.1) is 5.92 Å². The fourth-order valence-electron chi connectivity index (χ4n) is 2.74. The Kier molecular flexibility index (Phi) is 4.61. The first-order valence-corrected chi connectivity index (χ1v) is 8.19. The summed E-state index contributed by atoms with van der Waals surface area (Å²) in [5.41, 5.74) is 1.47. The van der Waals surface area contributed by atoms with Gasteiger partial charge in [-0.3, -0.25) is 4.79 Å². The van der Waals surface area contributed by atoms with Crippen LogP contribution in [0.2, 0.25) is 0 Å². The van der Waals surface area contributed by atoms with Crippen molar-refractivity contribution < 1.29 is 9.59 Å². The first-order chi connectivity index (χ1) is 10.7. The van der Waals surface area contributed by atoms with Gasteiger partial charge < -0.3 is 15.5 Å². The molecule has 1 aromatic carbocycles. The van der Waals surface area contributed by atoms with Crippen molar-refractivity contribution in [1.29, 1.82) is 0 Å². The molecule has 1 aliphatic heterocycles. The summed E-state index contributed by atoms with van der Waals surface area (Å²) < 4.78 is 0. The van der Waals surface area contributed by atoms with Gasteiger partial charge in [0, 0.05) is 30.4 Å². The number of benzene rings is 1. The lowest BCUT2D eigenvalue weighted by molar-refractivity contribution is -0.117. The average Bonchev–Trinajstić information content (AvgIpc) is 3.34. The molecule has 1 heterocycles. The van der Waals surface area contributed by atoms with Gasteiger partial charge in [0.1, 0.15) is 0 Å². The molecule has 0 atom stereocenters. The fourth-order valence-corrected chi connectivity index (χ4v) is 2.74. The molecule has 1 aliphatic carbocycles. The number of nitrogens with one attached hydrogen (secondary N) is 2. The summed E-state index contributed by atoms with van der Waals surface area (Å²) in [5.74, 6) is 0.256. The quantitative estimate of drug-likeness (QED) is 0.898. The zero-order valence-electron chi connectivity index (χ0n) is 12.8. The molecule has 3 amide bonds. The molecule has 3 rings (SSSR count). The molecule has 1 aromatic rings. The van der Waals surface area contributed by atoms with E-state index in [0.717, 1.165) is 50.1 Å². The number of carbonyl (C=O) groups excluding carboxylic acids is 2. The number of anilines is 2. The predicted octanol–water partition coefficient (Wildman–Crippen LogP) is 3.44. The zero-order chi connectivity index (χ0) is 15.4. The maximum Gasteiger partial charge on any atom is 0.321 e. The Morgan fingerprint density at radius 3 is 2.23 bits per heavy atom. The van der Waals surface area contributed by atoms with Gasteiger partial charge in [-0.15, -0.1) is 0 Å². The van der Waals surface area contributed by atoms with Crippen molar-refractivity contribution in [1.82, 2.24) is 4.90 Å². The summed E-state index contributed by atoms with van der Waals surface area (Å²) in [6.45, 7) is 1.65. The summed E-state index contributed by atoms with van der Waals surface area (Å²) in [7, 11) is 0. The van der Waals surface area contributed by atoms with Gasteiger partial charge in [-0.1, -0.05) is 18.9 Å². The second-order valence-corrected chi connectivity index (χ2v) is 6.18. The predicted molar refractivity (Wildman–Crippen MR) is 86.9 cm³/mol.